The Bertz CT molecular complexity index is 475. The second-order valence-corrected chi connectivity index (χ2v) is 6.11. The van der Waals surface area contributed by atoms with E-state index < -0.39 is 0 Å². The Balaban J connectivity index is 2.12. The Morgan fingerprint density at radius 3 is 2.89 bits per heavy atom. The number of pyridine rings is 1. The number of rotatable bonds is 2. The summed E-state index contributed by atoms with van der Waals surface area (Å²) in [6, 6.07) is 2.06. The largest absolute Gasteiger partial charge is 0.383 e. The van der Waals surface area contributed by atoms with Gasteiger partial charge < -0.3 is 10.6 Å². The first kappa shape index (κ1) is 12.9. The van der Waals surface area contributed by atoms with Crippen molar-refractivity contribution in [1.82, 2.24) is 4.98 Å². The molecular weight excluding hydrogens is 226 g/mol. The molecule has 1 aromatic rings. The smallest absolute Gasteiger partial charge is 0.226 e. The summed E-state index contributed by atoms with van der Waals surface area (Å²) in [5, 5.41) is 6.20. The minimum Gasteiger partial charge on any atom is -0.383 e. The molecule has 1 aliphatic rings. The summed E-state index contributed by atoms with van der Waals surface area (Å²) in [5.74, 6) is 0.732. The van der Waals surface area contributed by atoms with Gasteiger partial charge in [0.25, 0.3) is 0 Å². The van der Waals surface area contributed by atoms with Crippen LogP contribution in [-0.2, 0) is 11.2 Å². The molecule has 0 aliphatic carbocycles. The first-order valence-electron chi connectivity index (χ1n) is 6.39. The van der Waals surface area contributed by atoms with Gasteiger partial charge in [0.15, 0.2) is 0 Å². The molecule has 2 rings (SSSR count). The summed E-state index contributed by atoms with van der Waals surface area (Å²) in [5.41, 5.74) is 3.15. The lowest BCUT2D eigenvalue weighted by Crippen LogP contribution is -2.20. The summed E-state index contributed by atoms with van der Waals surface area (Å²) in [7, 11) is 0. The molecule has 18 heavy (non-hydrogen) atoms. The van der Waals surface area contributed by atoms with Crippen molar-refractivity contribution in [2.75, 3.05) is 17.2 Å². The number of aryl methyl sites for hydroxylation is 1. The molecule has 2 heterocycles. The zero-order chi connectivity index (χ0) is 13.3. The van der Waals surface area contributed by atoms with Crippen LogP contribution in [0.2, 0.25) is 0 Å². The number of amides is 1. The van der Waals surface area contributed by atoms with E-state index in [1.165, 1.54) is 0 Å². The number of aromatic nitrogens is 1. The van der Waals surface area contributed by atoms with E-state index in [1.807, 2.05) is 6.92 Å². The van der Waals surface area contributed by atoms with Gasteiger partial charge in [0.05, 0.1) is 11.4 Å². The second kappa shape index (κ2) is 4.59. The number of anilines is 2. The third-order valence-corrected chi connectivity index (χ3v) is 2.92. The Hall–Kier alpha value is -1.58. The number of nitrogens with zero attached hydrogens (tertiary/aromatic N) is 1. The van der Waals surface area contributed by atoms with Gasteiger partial charge in [-0.1, -0.05) is 20.8 Å². The first-order chi connectivity index (χ1) is 8.35. The van der Waals surface area contributed by atoms with Crippen LogP contribution in [0.25, 0.3) is 0 Å². The highest BCUT2D eigenvalue weighted by Gasteiger charge is 2.19. The third kappa shape index (κ3) is 3.00. The van der Waals surface area contributed by atoms with E-state index in [-0.39, 0.29) is 11.3 Å². The van der Waals surface area contributed by atoms with E-state index in [2.05, 4.69) is 42.5 Å². The highest BCUT2D eigenvalue weighted by Crippen LogP contribution is 2.26. The average molecular weight is 247 g/mol. The van der Waals surface area contributed by atoms with Crippen LogP contribution < -0.4 is 10.6 Å². The quantitative estimate of drug-likeness (QED) is 0.845. The predicted octanol–water partition coefficient (Wildman–Crippen LogP) is 2.73. The van der Waals surface area contributed by atoms with Gasteiger partial charge >= 0.3 is 0 Å². The molecule has 0 saturated heterocycles. The van der Waals surface area contributed by atoms with E-state index in [0.29, 0.717) is 12.2 Å². The maximum absolute atomic E-state index is 11.9. The van der Waals surface area contributed by atoms with E-state index in [1.54, 1.807) is 0 Å². The highest BCUT2D eigenvalue weighted by molar-refractivity contribution is 5.91. The molecule has 0 atom stereocenters. The normalized spacial score (nSPS) is 14.0. The molecule has 0 saturated carbocycles. The molecule has 4 heteroatoms. The van der Waals surface area contributed by atoms with Crippen molar-refractivity contribution in [3.05, 3.63) is 17.3 Å². The van der Waals surface area contributed by atoms with Crippen molar-refractivity contribution in [3.63, 3.8) is 0 Å². The number of hydrogen-bond donors (Lipinski definition) is 2. The van der Waals surface area contributed by atoms with Crippen LogP contribution in [0.4, 0.5) is 11.5 Å². The molecule has 1 amide bonds. The van der Waals surface area contributed by atoms with Gasteiger partial charge in [0, 0.05) is 19.4 Å². The van der Waals surface area contributed by atoms with Gasteiger partial charge in [-0.2, -0.15) is 0 Å². The summed E-state index contributed by atoms with van der Waals surface area (Å²) in [6.45, 7) is 9.07. The molecule has 98 valence electrons. The predicted molar refractivity (Wildman–Crippen MR) is 73.9 cm³/mol. The van der Waals surface area contributed by atoms with Gasteiger partial charge in [-0.15, -0.1) is 0 Å². The van der Waals surface area contributed by atoms with Crippen LogP contribution >= 0.6 is 0 Å². The van der Waals surface area contributed by atoms with E-state index in [0.717, 1.165) is 29.9 Å². The number of hydrogen-bond acceptors (Lipinski definition) is 3. The Morgan fingerprint density at radius 2 is 2.22 bits per heavy atom. The molecule has 0 aromatic carbocycles. The Labute approximate surface area is 108 Å². The fraction of sp³-hybridized carbons (Fsp3) is 0.571. The minimum absolute atomic E-state index is 0.00370. The van der Waals surface area contributed by atoms with Gasteiger partial charge in [0.1, 0.15) is 5.82 Å². The number of fused-ring (bicyclic) bond motifs is 1. The van der Waals surface area contributed by atoms with Gasteiger partial charge in [-0.25, -0.2) is 4.98 Å². The summed E-state index contributed by atoms with van der Waals surface area (Å²) in [4.78, 5) is 16.4. The van der Waals surface area contributed by atoms with Crippen LogP contribution in [-0.4, -0.2) is 17.4 Å². The molecule has 1 aromatic heterocycles. The van der Waals surface area contributed by atoms with Gasteiger partial charge in [0.2, 0.25) is 5.91 Å². The van der Waals surface area contributed by atoms with Crippen LogP contribution in [0, 0.1) is 12.3 Å². The van der Waals surface area contributed by atoms with Crippen LogP contribution in [0.3, 0.4) is 0 Å². The van der Waals surface area contributed by atoms with Crippen LogP contribution in [0.1, 0.15) is 38.4 Å². The lowest BCUT2D eigenvalue weighted by molar-refractivity contribution is -0.117. The van der Waals surface area contributed by atoms with Gasteiger partial charge in [-0.3, -0.25) is 4.79 Å². The SMILES string of the molecule is Cc1cc2c(nc1NC(=O)CC(C)(C)C)CCN2. The van der Waals surface area contributed by atoms with E-state index >= 15 is 0 Å². The van der Waals surface area contributed by atoms with Crippen molar-refractivity contribution in [2.45, 2.75) is 40.5 Å². The molecule has 0 unspecified atom stereocenters. The maximum atomic E-state index is 11.9. The Kier molecular flexibility index (Phi) is 3.28. The molecular formula is C14H21N3O. The molecule has 4 nitrogen and oxygen atoms in total. The van der Waals surface area contributed by atoms with E-state index in [4.69, 9.17) is 0 Å². The van der Waals surface area contributed by atoms with E-state index in [9.17, 15) is 4.79 Å². The van der Waals surface area contributed by atoms with Crippen molar-refractivity contribution < 1.29 is 4.79 Å². The molecule has 2 N–H and O–H groups in total. The molecule has 0 bridgehead atoms. The number of carbonyl (C=O) groups is 1. The lowest BCUT2D eigenvalue weighted by Gasteiger charge is -2.17. The van der Waals surface area contributed by atoms with Crippen molar-refractivity contribution in [2.24, 2.45) is 5.41 Å². The zero-order valence-electron chi connectivity index (χ0n) is 11.6. The third-order valence-electron chi connectivity index (χ3n) is 2.92. The molecule has 0 spiro atoms. The Morgan fingerprint density at radius 1 is 1.50 bits per heavy atom. The summed E-state index contributed by atoms with van der Waals surface area (Å²) < 4.78 is 0. The van der Waals surface area contributed by atoms with Crippen molar-refractivity contribution in [3.8, 4) is 0 Å². The highest BCUT2D eigenvalue weighted by atomic mass is 16.1. The monoisotopic (exact) mass is 247 g/mol. The molecule has 0 fully saturated rings. The van der Waals surface area contributed by atoms with Crippen LogP contribution in [0.5, 0.6) is 0 Å². The molecule has 1 aliphatic heterocycles. The van der Waals surface area contributed by atoms with Gasteiger partial charge in [-0.05, 0) is 24.0 Å². The first-order valence-corrected chi connectivity index (χ1v) is 6.39. The van der Waals surface area contributed by atoms with Crippen molar-refractivity contribution >= 4 is 17.4 Å². The maximum Gasteiger partial charge on any atom is 0.226 e. The number of carbonyl (C=O) groups excluding carboxylic acids is 1. The standard InChI is InChI=1S/C14H21N3O/c1-9-7-11-10(5-6-15-11)16-13(9)17-12(18)8-14(2,3)4/h7,15H,5-6,8H2,1-4H3,(H,16,17,18). The zero-order valence-corrected chi connectivity index (χ0v) is 11.6. The lowest BCUT2D eigenvalue weighted by atomic mass is 9.92. The molecule has 0 radical (unpaired) electrons. The number of nitrogens with one attached hydrogen (secondary N) is 2. The summed E-state index contributed by atoms with van der Waals surface area (Å²) >= 11 is 0. The van der Waals surface area contributed by atoms with Crippen molar-refractivity contribution in [1.29, 1.82) is 0 Å². The second-order valence-electron chi connectivity index (χ2n) is 6.11. The topological polar surface area (TPSA) is 54.0 Å². The fourth-order valence-electron chi connectivity index (χ4n) is 2.10. The van der Waals surface area contributed by atoms with Crippen LogP contribution in [0.15, 0.2) is 6.07 Å². The summed E-state index contributed by atoms with van der Waals surface area (Å²) in [6.07, 6.45) is 1.43. The average Bonchev–Trinajstić information content (AvgIpc) is 2.62. The fourth-order valence-corrected chi connectivity index (χ4v) is 2.10. The minimum atomic E-state index is -0.00370.